The van der Waals surface area contributed by atoms with E-state index in [0.717, 1.165) is 56.7 Å². The van der Waals surface area contributed by atoms with Gasteiger partial charge in [-0.1, -0.05) is 0 Å². The van der Waals surface area contributed by atoms with Crippen molar-refractivity contribution in [1.29, 1.82) is 0 Å². The number of hydrogen-bond donors (Lipinski definition) is 0. The fourth-order valence-corrected chi connectivity index (χ4v) is 5.49. The molecule has 0 aromatic carbocycles. The maximum absolute atomic E-state index is 13.0. The van der Waals surface area contributed by atoms with E-state index in [-0.39, 0.29) is 5.91 Å². The first-order valence-electron chi connectivity index (χ1n) is 10.2. The molecule has 1 fully saturated rings. The SMILES string of the molecule is CN(C)CCn1ccnc1C1CCN(C(=O)c2cc3c(s2)CCCC3)CC1. The smallest absolute Gasteiger partial charge is 0.263 e. The van der Waals surface area contributed by atoms with Crippen molar-refractivity contribution >= 4 is 17.2 Å². The highest BCUT2D eigenvalue weighted by Gasteiger charge is 2.28. The molecule has 6 heteroatoms. The van der Waals surface area contributed by atoms with Gasteiger partial charge >= 0.3 is 0 Å². The Hall–Kier alpha value is -1.66. The second-order valence-electron chi connectivity index (χ2n) is 8.11. The number of likely N-dealkylation sites (N-methyl/N-ethyl adjacent to an activating group) is 1. The van der Waals surface area contributed by atoms with E-state index < -0.39 is 0 Å². The summed E-state index contributed by atoms with van der Waals surface area (Å²) in [6.45, 7) is 3.67. The van der Waals surface area contributed by atoms with Gasteiger partial charge in [-0.05, 0) is 64.3 Å². The van der Waals surface area contributed by atoms with E-state index in [1.54, 1.807) is 11.3 Å². The van der Waals surface area contributed by atoms with Crippen LogP contribution in [-0.2, 0) is 19.4 Å². The zero-order chi connectivity index (χ0) is 18.8. The van der Waals surface area contributed by atoms with Crippen LogP contribution >= 0.6 is 11.3 Å². The Balaban J connectivity index is 1.37. The van der Waals surface area contributed by atoms with E-state index >= 15 is 0 Å². The first-order valence-corrected chi connectivity index (χ1v) is 11.0. The molecule has 0 atom stereocenters. The van der Waals surface area contributed by atoms with Crippen LogP contribution in [0.25, 0.3) is 0 Å². The molecule has 0 bridgehead atoms. The number of carbonyl (C=O) groups excluding carboxylic acids is 1. The molecule has 1 saturated heterocycles. The fraction of sp³-hybridized carbons (Fsp3) is 0.619. The van der Waals surface area contributed by atoms with E-state index in [1.807, 2.05) is 6.20 Å². The Morgan fingerprint density at radius 2 is 2.04 bits per heavy atom. The van der Waals surface area contributed by atoms with Gasteiger partial charge in [0.15, 0.2) is 0 Å². The Bertz CT molecular complexity index is 762. The number of likely N-dealkylation sites (tertiary alicyclic amines) is 1. The average Bonchev–Trinajstić information content (AvgIpc) is 3.32. The molecule has 0 spiro atoms. The summed E-state index contributed by atoms with van der Waals surface area (Å²) in [5, 5.41) is 0. The van der Waals surface area contributed by atoms with Gasteiger partial charge in [0.1, 0.15) is 5.82 Å². The Morgan fingerprint density at radius 1 is 1.26 bits per heavy atom. The van der Waals surface area contributed by atoms with Gasteiger partial charge in [0, 0.05) is 49.4 Å². The number of piperidine rings is 1. The van der Waals surface area contributed by atoms with Gasteiger partial charge in [-0.3, -0.25) is 4.79 Å². The van der Waals surface area contributed by atoms with Crippen LogP contribution in [0, 0.1) is 0 Å². The van der Waals surface area contributed by atoms with Crippen LogP contribution in [0.4, 0.5) is 0 Å². The predicted octanol–water partition coefficient (Wildman–Crippen LogP) is 3.40. The molecule has 1 amide bonds. The number of hydrogen-bond acceptors (Lipinski definition) is 4. The van der Waals surface area contributed by atoms with Crippen molar-refractivity contribution in [2.24, 2.45) is 0 Å². The number of imidazole rings is 1. The fourth-order valence-electron chi connectivity index (χ4n) is 4.27. The normalized spacial score (nSPS) is 18.1. The molecule has 0 radical (unpaired) electrons. The zero-order valence-corrected chi connectivity index (χ0v) is 17.3. The largest absolute Gasteiger partial charge is 0.338 e. The number of fused-ring (bicyclic) bond motifs is 1. The third-order valence-corrected chi connectivity index (χ3v) is 7.12. The maximum atomic E-state index is 13.0. The standard InChI is InChI=1S/C21H30N4OS/c1-23(2)13-14-24-12-9-22-20(24)16-7-10-25(11-8-16)21(26)19-15-17-5-3-4-6-18(17)27-19/h9,12,15-16H,3-8,10-11,13-14H2,1-2H3. The minimum absolute atomic E-state index is 0.240. The lowest BCUT2D eigenvalue weighted by molar-refractivity contribution is 0.0715. The lowest BCUT2D eigenvalue weighted by Gasteiger charge is -2.31. The first-order chi connectivity index (χ1) is 13.1. The minimum atomic E-state index is 0.240. The minimum Gasteiger partial charge on any atom is -0.338 e. The van der Waals surface area contributed by atoms with Gasteiger partial charge in [-0.2, -0.15) is 0 Å². The van der Waals surface area contributed by atoms with Crippen molar-refractivity contribution in [2.75, 3.05) is 33.7 Å². The molecule has 146 valence electrons. The van der Waals surface area contributed by atoms with Gasteiger partial charge in [0.2, 0.25) is 0 Å². The van der Waals surface area contributed by atoms with Crippen LogP contribution in [0.5, 0.6) is 0 Å². The highest BCUT2D eigenvalue weighted by Crippen LogP contribution is 2.32. The Morgan fingerprint density at radius 3 is 2.78 bits per heavy atom. The third-order valence-electron chi connectivity index (χ3n) is 5.89. The lowest BCUT2D eigenvalue weighted by atomic mass is 9.95. The van der Waals surface area contributed by atoms with Gasteiger partial charge < -0.3 is 14.4 Å². The summed E-state index contributed by atoms with van der Waals surface area (Å²) in [6.07, 6.45) is 10.9. The molecular formula is C21H30N4OS. The van der Waals surface area contributed by atoms with Crippen LogP contribution < -0.4 is 0 Å². The molecule has 1 aliphatic carbocycles. The molecule has 2 aromatic rings. The maximum Gasteiger partial charge on any atom is 0.263 e. The van der Waals surface area contributed by atoms with E-state index in [1.165, 1.54) is 29.1 Å². The topological polar surface area (TPSA) is 41.4 Å². The molecule has 0 unspecified atom stereocenters. The van der Waals surface area contributed by atoms with Crippen molar-refractivity contribution in [1.82, 2.24) is 19.4 Å². The zero-order valence-electron chi connectivity index (χ0n) is 16.5. The number of aromatic nitrogens is 2. The van der Waals surface area contributed by atoms with Gasteiger partial charge in [-0.25, -0.2) is 4.98 Å². The predicted molar refractivity (Wildman–Crippen MR) is 110 cm³/mol. The summed E-state index contributed by atoms with van der Waals surface area (Å²) in [6, 6.07) is 2.17. The first kappa shape index (κ1) is 18.7. The molecule has 5 nitrogen and oxygen atoms in total. The molecule has 0 N–H and O–H groups in total. The van der Waals surface area contributed by atoms with Gasteiger partial charge in [0.05, 0.1) is 4.88 Å². The van der Waals surface area contributed by atoms with Crippen LogP contribution in [0.1, 0.15) is 57.5 Å². The summed E-state index contributed by atoms with van der Waals surface area (Å²) >= 11 is 1.74. The van der Waals surface area contributed by atoms with E-state index in [0.29, 0.717) is 5.92 Å². The highest BCUT2D eigenvalue weighted by atomic mass is 32.1. The second kappa shape index (κ2) is 8.15. The van der Waals surface area contributed by atoms with Crippen molar-refractivity contribution < 1.29 is 4.79 Å². The van der Waals surface area contributed by atoms with E-state index in [4.69, 9.17) is 0 Å². The molecule has 27 heavy (non-hydrogen) atoms. The number of thiophene rings is 1. The number of aryl methyl sites for hydroxylation is 2. The molecule has 3 heterocycles. The molecule has 2 aromatic heterocycles. The summed E-state index contributed by atoms with van der Waals surface area (Å²) in [5.74, 6) is 1.89. The third kappa shape index (κ3) is 4.11. The van der Waals surface area contributed by atoms with Crippen molar-refractivity contribution in [3.8, 4) is 0 Å². The Labute approximate surface area is 166 Å². The van der Waals surface area contributed by atoms with Crippen molar-refractivity contribution in [3.63, 3.8) is 0 Å². The number of amides is 1. The molecule has 1 aliphatic heterocycles. The Kier molecular flexibility index (Phi) is 5.64. The summed E-state index contributed by atoms with van der Waals surface area (Å²) in [5.41, 5.74) is 1.42. The van der Waals surface area contributed by atoms with Crippen LogP contribution in [0.2, 0.25) is 0 Å². The summed E-state index contributed by atoms with van der Waals surface area (Å²) < 4.78 is 2.29. The monoisotopic (exact) mass is 386 g/mol. The highest BCUT2D eigenvalue weighted by molar-refractivity contribution is 7.14. The van der Waals surface area contributed by atoms with E-state index in [9.17, 15) is 4.79 Å². The molecular weight excluding hydrogens is 356 g/mol. The van der Waals surface area contributed by atoms with Crippen LogP contribution in [0.15, 0.2) is 18.5 Å². The number of rotatable bonds is 5. The molecule has 4 rings (SSSR count). The average molecular weight is 387 g/mol. The van der Waals surface area contributed by atoms with E-state index in [2.05, 4.69) is 45.7 Å². The lowest BCUT2D eigenvalue weighted by Crippen LogP contribution is -2.38. The van der Waals surface area contributed by atoms with Gasteiger partial charge in [-0.15, -0.1) is 11.3 Å². The van der Waals surface area contributed by atoms with Crippen molar-refractivity contribution in [3.05, 3.63) is 39.6 Å². The van der Waals surface area contributed by atoms with Gasteiger partial charge in [0.25, 0.3) is 5.91 Å². The van der Waals surface area contributed by atoms with Crippen LogP contribution in [-0.4, -0.2) is 59.0 Å². The number of nitrogens with zero attached hydrogens (tertiary/aromatic N) is 4. The summed E-state index contributed by atoms with van der Waals surface area (Å²) in [4.78, 5) is 24.3. The quantitative estimate of drug-likeness (QED) is 0.791. The summed E-state index contributed by atoms with van der Waals surface area (Å²) in [7, 11) is 4.20. The number of carbonyl (C=O) groups is 1. The van der Waals surface area contributed by atoms with Crippen molar-refractivity contribution in [2.45, 2.75) is 51.0 Å². The molecule has 0 saturated carbocycles. The second-order valence-corrected chi connectivity index (χ2v) is 9.25. The van der Waals surface area contributed by atoms with Crippen LogP contribution in [0.3, 0.4) is 0 Å². The molecule has 2 aliphatic rings.